The number of hydrogen-bond acceptors (Lipinski definition) is 3. The van der Waals surface area contributed by atoms with Gasteiger partial charge in [-0.2, -0.15) is 26.3 Å². The second-order valence-corrected chi connectivity index (χ2v) is 11.1. The summed E-state index contributed by atoms with van der Waals surface area (Å²) in [6.07, 6.45) is -1.40. The summed E-state index contributed by atoms with van der Waals surface area (Å²) < 4.78 is 81.6. The molecule has 1 aromatic carbocycles. The van der Waals surface area contributed by atoms with Crippen LogP contribution < -0.4 is 15.9 Å². The third kappa shape index (κ3) is 6.53. The van der Waals surface area contributed by atoms with Gasteiger partial charge in [-0.15, -0.1) is 0 Å². The average Bonchev–Trinajstić information content (AvgIpc) is 3.64. The highest BCUT2D eigenvalue weighted by Crippen LogP contribution is 2.40. The van der Waals surface area contributed by atoms with E-state index in [0.717, 1.165) is 63.7 Å². The number of alkyl halides is 6. The van der Waals surface area contributed by atoms with E-state index in [2.05, 4.69) is 22.1 Å². The molecule has 4 rings (SSSR count). The molecule has 35 heavy (non-hydrogen) atoms. The fourth-order valence-electron chi connectivity index (χ4n) is 5.52. The second kappa shape index (κ2) is 10.6. The second-order valence-electron chi connectivity index (χ2n) is 10.0. The van der Waals surface area contributed by atoms with E-state index >= 15 is 0 Å². The lowest BCUT2D eigenvalue weighted by Crippen LogP contribution is -2.54. The van der Waals surface area contributed by atoms with Gasteiger partial charge in [0, 0.05) is 35.4 Å². The molecule has 0 aromatic heterocycles. The molecular weight excluding hydrogens is 487 g/mol. The zero-order valence-corrected chi connectivity index (χ0v) is 21.0. The van der Waals surface area contributed by atoms with Crippen LogP contribution in [0.15, 0.2) is 18.7 Å². The predicted octanol–water partition coefficient (Wildman–Crippen LogP) is 5.75. The Morgan fingerprint density at radius 2 is 1.54 bits per heavy atom. The number of benzene rings is 1. The SMILES string of the molecule is C=C(NC1CCCCC1NC1CCN(C2CC2)CC1)c1c(PC)cc(C(F)(F)F)cc1C(F)(F)F. The number of halogens is 6. The molecule has 0 spiro atoms. The van der Waals surface area contributed by atoms with Gasteiger partial charge in [0.1, 0.15) is 0 Å². The Bertz CT molecular complexity index is 904. The number of nitrogens with one attached hydrogen (secondary N) is 2. The van der Waals surface area contributed by atoms with Crippen LogP contribution in [0.25, 0.3) is 5.70 Å². The smallest absolute Gasteiger partial charge is 0.381 e. The Kier molecular flexibility index (Phi) is 8.09. The van der Waals surface area contributed by atoms with Crippen LogP contribution in [-0.4, -0.2) is 48.8 Å². The molecule has 1 aliphatic heterocycles. The number of nitrogens with zero attached hydrogens (tertiary/aromatic N) is 1. The summed E-state index contributed by atoms with van der Waals surface area (Å²) in [5, 5.41) is 6.99. The fourth-order valence-corrected chi connectivity index (χ4v) is 6.36. The molecule has 2 aliphatic carbocycles. The minimum atomic E-state index is -4.92. The minimum absolute atomic E-state index is 0.0254. The summed E-state index contributed by atoms with van der Waals surface area (Å²) in [5.74, 6) is 0. The Balaban J connectivity index is 1.51. The highest BCUT2D eigenvalue weighted by atomic mass is 31.1. The third-order valence-electron chi connectivity index (χ3n) is 7.51. The summed E-state index contributed by atoms with van der Waals surface area (Å²) in [6, 6.07) is 2.15. The Morgan fingerprint density at radius 3 is 2.09 bits per heavy atom. The van der Waals surface area contributed by atoms with Crippen molar-refractivity contribution < 1.29 is 26.3 Å². The first-order valence-corrected chi connectivity index (χ1v) is 13.9. The van der Waals surface area contributed by atoms with Gasteiger partial charge in [0.15, 0.2) is 0 Å². The number of hydrogen-bond donors (Lipinski definition) is 2. The van der Waals surface area contributed by atoms with Crippen molar-refractivity contribution in [3.63, 3.8) is 0 Å². The van der Waals surface area contributed by atoms with Gasteiger partial charge in [-0.25, -0.2) is 0 Å². The first kappa shape index (κ1) is 26.7. The normalized spacial score (nSPS) is 25.3. The van der Waals surface area contributed by atoms with Gasteiger partial charge in [0.05, 0.1) is 11.1 Å². The summed E-state index contributed by atoms with van der Waals surface area (Å²) in [6.45, 7) is 7.62. The van der Waals surface area contributed by atoms with Crippen molar-refractivity contribution in [3.8, 4) is 0 Å². The van der Waals surface area contributed by atoms with Crippen molar-refractivity contribution in [2.24, 2.45) is 0 Å². The maximum atomic E-state index is 13.9. The van der Waals surface area contributed by atoms with E-state index < -0.39 is 23.5 Å². The van der Waals surface area contributed by atoms with Crippen LogP contribution in [-0.2, 0) is 12.4 Å². The lowest BCUT2D eigenvalue weighted by atomic mass is 9.88. The van der Waals surface area contributed by atoms with E-state index in [-0.39, 0.29) is 43.3 Å². The van der Waals surface area contributed by atoms with Crippen molar-refractivity contribution >= 4 is 19.6 Å². The average molecular weight is 522 g/mol. The third-order valence-corrected chi connectivity index (χ3v) is 8.44. The molecule has 1 aromatic rings. The van der Waals surface area contributed by atoms with Crippen LogP contribution in [0.2, 0.25) is 0 Å². The molecule has 1 heterocycles. The van der Waals surface area contributed by atoms with Crippen LogP contribution in [0, 0.1) is 0 Å². The van der Waals surface area contributed by atoms with Gasteiger partial charge in [0.25, 0.3) is 0 Å². The van der Waals surface area contributed by atoms with E-state index in [1.54, 1.807) is 6.66 Å². The van der Waals surface area contributed by atoms with Crippen molar-refractivity contribution in [3.05, 3.63) is 35.4 Å². The molecule has 0 bridgehead atoms. The van der Waals surface area contributed by atoms with Crippen molar-refractivity contribution in [1.29, 1.82) is 0 Å². The maximum Gasteiger partial charge on any atom is 0.417 e. The molecule has 196 valence electrons. The largest absolute Gasteiger partial charge is 0.417 e. The van der Waals surface area contributed by atoms with Gasteiger partial charge in [-0.05, 0) is 75.7 Å². The predicted molar refractivity (Wildman–Crippen MR) is 129 cm³/mol. The molecule has 0 amide bonds. The Labute approximate surface area is 204 Å². The fraction of sp³-hybridized carbons (Fsp3) is 0.680. The molecule has 3 atom stereocenters. The first-order valence-electron chi connectivity index (χ1n) is 12.4. The molecule has 3 nitrogen and oxygen atoms in total. The van der Waals surface area contributed by atoms with Crippen LogP contribution in [0.5, 0.6) is 0 Å². The van der Waals surface area contributed by atoms with Crippen molar-refractivity contribution in [2.75, 3.05) is 19.8 Å². The number of likely N-dealkylation sites (tertiary alicyclic amines) is 1. The number of piperidine rings is 1. The van der Waals surface area contributed by atoms with Gasteiger partial charge in [0.2, 0.25) is 0 Å². The van der Waals surface area contributed by atoms with E-state index in [1.165, 1.54) is 12.8 Å². The molecular formula is C25H34F6N3P. The highest BCUT2D eigenvalue weighted by Gasteiger charge is 2.40. The van der Waals surface area contributed by atoms with E-state index in [9.17, 15) is 26.3 Å². The van der Waals surface area contributed by atoms with Gasteiger partial charge in [-0.3, -0.25) is 0 Å². The summed E-state index contributed by atoms with van der Waals surface area (Å²) >= 11 is 0. The van der Waals surface area contributed by atoms with E-state index in [1.807, 2.05) is 0 Å². The van der Waals surface area contributed by atoms with Gasteiger partial charge >= 0.3 is 12.4 Å². The molecule has 1 saturated heterocycles. The standard InChI is InChI=1S/C25H34F6N3P/c1-15(23-19(25(29,30)31)13-16(24(26,27)28)14-22(23)35-2)32-20-5-3-4-6-21(20)33-17-9-11-34(12-10-17)18-7-8-18/h13-14,17-18,20-21,32-33,35H,1,3-12H2,2H3. The van der Waals surface area contributed by atoms with Gasteiger partial charge in [-0.1, -0.05) is 28.0 Å². The molecule has 0 radical (unpaired) electrons. The lowest BCUT2D eigenvalue weighted by molar-refractivity contribution is -0.143. The Hall–Kier alpha value is -1.31. The van der Waals surface area contributed by atoms with Crippen LogP contribution in [0.3, 0.4) is 0 Å². The molecule has 3 aliphatic rings. The van der Waals surface area contributed by atoms with Crippen molar-refractivity contribution in [2.45, 2.75) is 87.9 Å². The lowest BCUT2D eigenvalue weighted by Gasteiger charge is -2.40. The zero-order chi connectivity index (χ0) is 25.4. The summed E-state index contributed by atoms with van der Waals surface area (Å²) in [7, 11) is -0.238. The first-order chi connectivity index (χ1) is 16.5. The van der Waals surface area contributed by atoms with Crippen molar-refractivity contribution in [1.82, 2.24) is 15.5 Å². The van der Waals surface area contributed by atoms with Gasteiger partial charge < -0.3 is 15.5 Å². The molecule has 2 N–H and O–H groups in total. The van der Waals surface area contributed by atoms with Crippen LogP contribution in [0.1, 0.15) is 68.1 Å². The molecule has 3 fully saturated rings. The minimum Gasteiger partial charge on any atom is -0.381 e. The topological polar surface area (TPSA) is 27.3 Å². The maximum absolute atomic E-state index is 13.9. The summed E-state index contributed by atoms with van der Waals surface area (Å²) in [5.41, 5.74) is -2.74. The van der Waals surface area contributed by atoms with E-state index in [4.69, 9.17) is 0 Å². The van der Waals surface area contributed by atoms with Crippen LogP contribution >= 0.6 is 8.58 Å². The molecule has 3 unspecified atom stereocenters. The van der Waals surface area contributed by atoms with E-state index in [0.29, 0.717) is 6.04 Å². The monoisotopic (exact) mass is 521 g/mol. The highest BCUT2D eigenvalue weighted by molar-refractivity contribution is 7.46. The Morgan fingerprint density at radius 1 is 0.914 bits per heavy atom. The molecule has 10 heteroatoms. The zero-order valence-electron chi connectivity index (χ0n) is 20.0. The summed E-state index contributed by atoms with van der Waals surface area (Å²) in [4.78, 5) is 2.55. The molecule has 2 saturated carbocycles. The number of rotatable bonds is 7. The van der Waals surface area contributed by atoms with Crippen LogP contribution in [0.4, 0.5) is 26.3 Å². The quantitative estimate of drug-likeness (QED) is 0.354.